The molecule has 2 nitrogen and oxygen atoms in total. The molecule has 0 fully saturated rings. The second kappa shape index (κ2) is 5.85. The van der Waals surface area contributed by atoms with Crippen LogP contribution in [0, 0.1) is 6.92 Å². The van der Waals surface area contributed by atoms with Crippen LogP contribution in [0.4, 0.5) is 0 Å². The lowest BCUT2D eigenvalue weighted by Gasteiger charge is -2.10. The van der Waals surface area contributed by atoms with E-state index in [2.05, 4.69) is 89.3 Å². The van der Waals surface area contributed by atoms with Crippen LogP contribution in [0.5, 0.6) is 0 Å². The molecule has 26 heavy (non-hydrogen) atoms. The summed E-state index contributed by atoms with van der Waals surface area (Å²) < 4.78 is 2.35. The van der Waals surface area contributed by atoms with Crippen molar-refractivity contribution in [3.63, 3.8) is 0 Å². The van der Waals surface area contributed by atoms with Crippen LogP contribution in [0.2, 0.25) is 0 Å². The zero-order valence-corrected chi connectivity index (χ0v) is 14.6. The molecule has 5 aromatic rings. The lowest BCUT2D eigenvalue weighted by molar-refractivity contribution is 1.18. The van der Waals surface area contributed by atoms with E-state index in [0.29, 0.717) is 0 Å². The highest BCUT2D eigenvalue weighted by atomic mass is 15.0. The number of aryl methyl sites for hydroxylation is 1. The van der Waals surface area contributed by atoms with Crippen LogP contribution in [0.25, 0.3) is 38.8 Å². The zero-order valence-electron chi connectivity index (χ0n) is 14.6. The normalized spacial score (nSPS) is 11.3. The molecule has 0 radical (unpaired) electrons. The Labute approximate surface area is 152 Å². The van der Waals surface area contributed by atoms with Crippen LogP contribution in [0.1, 0.15) is 5.56 Å². The Morgan fingerprint density at radius 1 is 0.692 bits per heavy atom. The maximum atomic E-state index is 4.55. The molecule has 0 amide bonds. The number of hydrogen-bond donors (Lipinski definition) is 0. The van der Waals surface area contributed by atoms with Crippen molar-refractivity contribution in [1.82, 2.24) is 9.55 Å². The second-order valence-corrected chi connectivity index (χ2v) is 6.59. The summed E-state index contributed by atoms with van der Waals surface area (Å²) in [6, 6.07) is 29.8. The Balaban J connectivity index is 1.90. The lowest BCUT2D eigenvalue weighted by atomic mass is 10.0. The monoisotopic (exact) mass is 334 g/mol. The first kappa shape index (κ1) is 14.9. The van der Waals surface area contributed by atoms with E-state index in [9.17, 15) is 0 Å². The minimum atomic E-state index is 1.02. The number of benzene rings is 3. The molecule has 0 N–H and O–H groups in total. The van der Waals surface area contributed by atoms with Gasteiger partial charge >= 0.3 is 0 Å². The molecule has 0 aliphatic rings. The smallest absolute Gasteiger partial charge is 0.0704 e. The Hall–Kier alpha value is -3.39. The molecule has 3 aromatic carbocycles. The van der Waals surface area contributed by atoms with Gasteiger partial charge in [-0.25, -0.2) is 0 Å². The van der Waals surface area contributed by atoms with Gasteiger partial charge in [0.05, 0.1) is 16.7 Å². The van der Waals surface area contributed by atoms with E-state index in [4.69, 9.17) is 0 Å². The van der Waals surface area contributed by atoms with E-state index in [1.54, 1.807) is 0 Å². The van der Waals surface area contributed by atoms with Gasteiger partial charge in [0.2, 0.25) is 0 Å². The quantitative estimate of drug-likeness (QED) is 0.378. The average molecular weight is 334 g/mol. The fraction of sp³-hybridized carbons (Fsp3) is 0.0417. The van der Waals surface area contributed by atoms with Crippen molar-refractivity contribution in [1.29, 1.82) is 0 Å². The van der Waals surface area contributed by atoms with Gasteiger partial charge in [-0.05, 0) is 55.0 Å². The highest BCUT2D eigenvalue weighted by Crippen LogP contribution is 2.36. The Morgan fingerprint density at radius 3 is 2.27 bits per heavy atom. The summed E-state index contributed by atoms with van der Waals surface area (Å²) in [6.45, 7) is 2.16. The summed E-state index contributed by atoms with van der Waals surface area (Å²) in [6.07, 6.45) is 1.85. The van der Waals surface area contributed by atoms with Crippen LogP contribution < -0.4 is 0 Å². The van der Waals surface area contributed by atoms with Crippen molar-refractivity contribution in [2.45, 2.75) is 6.92 Å². The number of pyridine rings is 1. The van der Waals surface area contributed by atoms with E-state index in [1.165, 1.54) is 38.6 Å². The Kier molecular flexibility index (Phi) is 3.36. The zero-order chi connectivity index (χ0) is 17.5. The number of hydrogen-bond acceptors (Lipinski definition) is 1. The topological polar surface area (TPSA) is 17.8 Å². The standard InChI is InChI=1S/C24H18N2/c1-17-15-24-21(16-20(17)22-12-7-8-14-25-22)19-11-5-6-13-23(19)26(24)18-9-3-2-4-10-18/h2-16H,1H3. The Morgan fingerprint density at radius 2 is 1.46 bits per heavy atom. The molecule has 5 rings (SSSR count). The summed E-state index contributed by atoms with van der Waals surface area (Å²) in [7, 11) is 0. The third-order valence-corrected chi connectivity index (χ3v) is 4.97. The molecule has 0 saturated heterocycles. The van der Waals surface area contributed by atoms with Crippen LogP contribution in [0.3, 0.4) is 0 Å². The highest BCUT2D eigenvalue weighted by Gasteiger charge is 2.14. The fourth-order valence-electron chi connectivity index (χ4n) is 3.77. The van der Waals surface area contributed by atoms with Gasteiger partial charge in [0.1, 0.15) is 0 Å². The van der Waals surface area contributed by atoms with Gasteiger partial charge in [-0.15, -0.1) is 0 Å². The number of rotatable bonds is 2. The van der Waals surface area contributed by atoms with E-state index in [0.717, 1.165) is 5.69 Å². The number of fused-ring (bicyclic) bond motifs is 3. The minimum Gasteiger partial charge on any atom is -0.309 e. The molecular formula is C24H18N2. The van der Waals surface area contributed by atoms with E-state index < -0.39 is 0 Å². The van der Waals surface area contributed by atoms with Crippen molar-refractivity contribution in [3.05, 3.63) is 96.7 Å². The van der Waals surface area contributed by atoms with Crippen molar-refractivity contribution >= 4 is 21.8 Å². The van der Waals surface area contributed by atoms with E-state index in [1.807, 2.05) is 18.3 Å². The molecule has 0 unspecified atom stereocenters. The Bertz CT molecular complexity index is 1220. The molecule has 0 aliphatic carbocycles. The first-order valence-corrected chi connectivity index (χ1v) is 8.83. The lowest BCUT2D eigenvalue weighted by Crippen LogP contribution is -1.94. The van der Waals surface area contributed by atoms with Gasteiger partial charge in [-0.3, -0.25) is 4.98 Å². The third-order valence-electron chi connectivity index (χ3n) is 4.97. The van der Waals surface area contributed by atoms with Crippen molar-refractivity contribution < 1.29 is 0 Å². The maximum Gasteiger partial charge on any atom is 0.0704 e. The molecule has 0 saturated carbocycles. The van der Waals surface area contributed by atoms with Gasteiger partial charge < -0.3 is 4.57 Å². The van der Waals surface area contributed by atoms with E-state index in [-0.39, 0.29) is 0 Å². The van der Waals surface area contributed by atoms with Gasteiger partial charge in [0.15, 0.2) is 0 Å². The largest absolute Gasteiger partial charge is 0.309 e. The molecule has 0 atom stereocenters. The summed E-state index contributed by atoms with van der Waals surface area (Å²) in [5.74, 6) is 0. The molecule has 2 aromatic heterocycles. The maximum absolute atomic E-state index is 4.55. The molecule has 124 valence electrons. The summed E-state index contributed by atoms with van der Waals surface area (Å²) in [4.78, 5) is 4.55. The summed E-state index contributed by atoms with van der Waals surface area (Å²) in [5.41, 5.74) is 7.08. The third kappa shape index (κ3) is 2.23. The van der Waals surface area contributed by atoms with Crippen molar-refractivity contribution in [3.8, 4) is 16.9 Å². The van der Waals surface area contributed by atoms with Crippen LogP contribution >= 0.6 is 0 Å². The second-order valence-electron chi connectivity index (χ2n) is 6.59. The number of para-hydroxylation sites is 2. The molecule has 2 heterocycles. The van der Waals surface area contributed by atoms with Gasteiger partial charge in [-0.1, -0.05) is 42.5 Å². The van der Waals surface area contributed by atoms with Crippen LogP contribution in [-0.2, 0) is 0 Å². The van der Waals surface area contributed by atoms with Gasteiger partial charge in [-0.2, -0.15) is 0 Å². The van der Waals surface area contributed by atoms with Gasteiger partial charge in [0, 0.05) is 28.2 Å². The molecule has 0 spiro atoms. The summed E-state index contributed by atoms with van der Waals surface area (Å²) >= 11 is 0. The SMILES string of the molecule is Cc1cc2c(cc1-c1ccccn1)c1ccccc1n2-c1ccccc1. The predicted molar refractivity (Wildman–Crippen MR) is 109 cm³/mol. The highest BCUT2D eigenvalue weighted by molar-refractivity contribution is 6.10. The first-order valence-electron chi connectivity index (χ1n) is 8.83. The average Bonchev–Trinajstić information content (AvgIpc) is 3.02. The van der Waals surface area contributed by atoms with Crippen molar-refractivity contribution in [2.75, 3.05) is 0 Å². The van der Waals surface area contributed by atoms with E-state index >= 15 is 0 Å². The molecule has 2 heteroatoms. The van der Waals surface area contributed by atoms with Gasteiger partial charge in [0.25, 0.3) is 0 Å². The van der Waals surface area contributed by atoms with Crippen LogP contribution in [0.15, 0.2) is 91.1 Å². The fourth-order valence-corrected chi connectivity index (χ4v) is 3.77. The number of aromatic nitrogens is 2. The summed E-state index contributed by atoms with van der Waals surface area (Å²) in [5, 5.41) is 2.53. The molecule has 0 aliphatic heterocycles. The predicted octanol–water partition coefficient (Wildman–Crippen LogP) is 6.15. The molecular weight excluding hydrogens is 316 g/mol. The van der Waals surface area contributed by atoms with Crippen molar-refractivity contribution in [2.24, 2.45) is 0 Å². The number of nitrogens with zero attached hydrogens (tertiary/aromatic N) is 2. The molecule has 0 bridgehead atoms. The van der Waals surface area contributed by atoms with Crippen LogP contribution in [-0.4, -0.2) is 9.55 Å². The first-order chi connectivity index (χ1) is 12.8. The minimum absolute atomic E-state index is 1.02.